The normalized spacial score (nSPS) is 10.6. The number of para-hydroxylation sites is 1. The molecule has 1 heterocycles. The Balaban J connectivity index is 1.76. The van der Waals surface area contributed by atoms with Crippen LogP contribution in [0.1, 0.15) is 16.2 Å². The molecule has 4 aromatic rings. The van der Waals surface area contributed by atoms with E-state index in [2.05, 4.69) is 15.4 Å². The predicted molar refractivity (Wildman–Crippen MR) is 111 cm³/mol. The second-order valence-electron chi connectivity index (χ2n) is 6.34. The summed E-state index contributed by atoms with van der Waals surface area (Å²) in [6.07, 6.45) is 0. The minimum absolute atomic E-state index is 0.0836. The number of aromatic nitrogens is 3. The van der Waals surface area contributed by atoms with Crippen LogP contribution in [0.15, 0.2) is 78.9 Å². The van der Waals surface area contributed by atoms with E-state index in [1.165, 1.54) is 0 Å². The van der Waals surface area contributed by atoms with Crippen molar-refractivity contribution in [3.05, 3.63) is 95.3 Å². The van der Waals surface area contributed by atoms with Crippen LogP contribution < -0.4 is 5.32 Å². The molecule has 0 saturated heterocycles. The minimum atomic E-state index is -0.397. The SMILES string of the molecule is Cc1cccc(-c2nc(C(=O)Nc3cccc(Cl)c3)nn2-c2ccccc2)c1. The molecular formula is C22H17ClN4O. The van der Waals surface area contributed by atoms with Gasteiger partial charge < -0.3 is 5.32 Å². The monoisotopic (exact) mass is 388 g/mol. The van der Waals surface area contributed by atoms with Crippen LogP contribution in [0.4, 0.5) is 5.69 Å². The average Bonchev–Trinajstić information content (AvgIpc) is 3.14. The summed E-state index contributed by atoms with van der Waals surface area (Å²) in [4.78, 5) is 17.3. The summed E-state index contributed by atoms with van der Waals surface area (Å²) in [5.74, 6) is 0.289. The summed E-state index contributed by atoms with van der Waals surface area (Å²) in [5, 5.41) is 7.80. The van der Waals surface area contributed by atoms with Crippen molar-refractivity contribution in [1.29, 1.82) is 0 Å². The molecule has 1 aromatic heterocycles. The van der Waals surface area contributed by atoms with Crippen LogP contribution in [0.25, 0.3) is 17.1 Å². The van der Waals surface area contributed by atoms with Crippen molar-refractivity contribution in [2.24, 2.45) is 0 Å². The van der Waals surface area contributed by atoms with Crippen LogP contribution in [0.2, 0.25) is 5.02 Å². The summed E-state index contributed by atoms with van der Waals surface area (Å²) in [5.41, 5.74) is 3.40. The summed E-state index contributed by atoms with van der Waals surface area (Å²) >= 11 is 5.99. The quantitative estimate of drug-likeness (QED) is 0.526. The molecule has 0 spiro atoms. The molecule has 0 unspecified atom stereocenters. The van der Waals surface area contributed by atoms with Crippen LogP contribution in [-0.4, -0.2) is 20.7 Å². The zero-order chi connectivity index (χ0) is 19.5. The standard InChI is InChI=1S/C22H17ClN4O/c1-15-7-5-8-16(13-15)21-25-20(26-27(21)19-11-3-2-4-12-19)22(28)24-18-10-6-9-17(23)14-18/h2-14H,1H3,(H,24,28). The third-order valence-electron chi connectivity index (χ3n) is 4.17. The van der Waals surface area contributed by atoms with Crippen molar-refractivity contribution in [3.63, 3.8) is 0 Å². The molecule has 0 aliphatic rings. The fraction of sp³-hybridized carbons (Fsp3) is 0.0455. The largest absolute Gasteiger partial charge is 0.319 e. The number of carbonyl (C=O) groups is 1. The van der Waals surface area contributed by atoms with Gasteiger partial charge in [0.25, 0.3) is 5.91 Å². The number of benzene rings is 3. The maximum atomic E-state index is 12.7. The van der Waals surface area contributed by atoms with Gasteiger partial charge in [-0.15, -0.1) is 5.10 Å². The van der Waals surface area contributed by atoms with Crippen LogP contribution >= 0.6 is 11.6 Å². The van der Waals surface area contributed by atoms with Crippen LogP contribution in [0, 0.1) is 6.92 Å². The third-order valence-corrected chi connectivity index (χ3v) is 4.40. The zero-order valence-electron chi connectivity index (χ0n) is 15.1. The molecule has 1 N–H and O–H groups in total. The molecule has 3 aromatic carbocycles. The van der Waals surface area contributed by atoms with Gasteiger partial charge in [0.05, 0.1) is 5.69 Å². The van der Waals surface area contributed by atoms with Crippen LogP contribution in [0.5, 0.6) is 0 Å². The highest BCUT2D eigenvalue weighted by Crippen LogP contribution is 2.23. The number of aryl methyl sites for hydroxylation is 1. The lowest BCUT2D eigenvalue weighted by atomic mass is 10.1. The van der Waals surface area contributed by atoms with Crippen LogP contribution in [0.3, 0.4) is 0 Å². The lowest BCUT2D eigenvalue weighted by molar-refractivity contribution is 0.101. The summed E-state index contributed by atoms with van der Waals surface area (Å²) in [6, 6.07) is 24.5. The number of hydrogen-bond donors (Lipinski definition) is 1. The van der Waals surface area contributed by atoms with Crippen molar-refractivity contribution >= 4 is 23.2 Å². The van der Waals surface area contributed by atoms with E-state index in [4.69, 9.17) is 11.6 Å². The second kappa shape index (κ2) is 7.66. The molecule has 0 saturated carbocycles. The van der Waals surface area contributed by atoms with E-state index in [9.17, 15) is 4.79 Å². The highest BCUT2D eigenvalue weighted by atomic mass is 35.5. The Labute approximate surface area is 167 Å². The third kappa shape index (κ3) is 3.80. The van der Waals surface area contributed by atoms with Crippen molar-refractivity contribution in [2.75, 3.05) is 5.32 Å². The van der Waals surface area contributed by atoms with Crippen molar-refractivity contribution in [3.8, 4) is 17.1 Å². The lowest BCUT2D eigenvalue weighted by Crippen LogP contribution is -2.14. The van der Waals surface area contributed by atoms with Crippen molar-refractivity contribution in [2.45, 2.75) is 6.92 Å². The van der Waals surface area contributed by atoms with E-state index in [1.807, 2.05) is 61.5 Å². The van der Waals surface area contributed by atoms with Gasteiger partial charge in [0.15, 0.2) is 5.82 Å². The second-order valence-corrected chi connectivity index (χ2v) is 6.78. The lowest BCUT2D eigenvalue weighted by Gasteiger charge is -2.06. The Morgan fingerprint density at radius 1 is 0.964 bits per heavy atom. The first-order valence-corrected chi connectivity index (χ1v) is 9.14. The molecule has 5 nitrogen and oxygen atoms in total. The molecule has 0 radical (unpaired) electrons. The molecule has 0 aliphatic heterocycles. The van der Waals surface area contributed by atoms with Crippen molar-refractivity contribution < 1.29 is 4.79 Å². The Morgan fingerprint density at radius 2 is 1.75 bits per heavy atom. The first-order chi connectivity index (χ1) is 13.6. The van der Waals surface area contributed by atoms with Gasteiger partial charge in [0, 0.05) is 16.3 Å². The number of rotatable bonds is 4. The Bertz CT molecular complexity index is 1140. The highest BCUT2D eigenvalue weighted by Gasteiger charge is 2.19. The Hall–Kier alpha value is -3.44. The number of hydrogen-bond acceptors (Lipinski definition) is 3. The topological polar surface area (TPSA) is 59.8 Å². The predicted octanol–water partition coefficient (Wildman–Crippen LogP) is 5.15. The summed E-state index contributed by atoms with van der Waals surface area (Å²) in [7, 11) is 0. The van der Waals surface area contributed by atoms with Gasteiger partial charge in [0.1, 0.15) is 0 Å². The van der Waals surface area contributed by atoms with E-state index < -0.39 is 5.91 Å². The van der Waals surface area contributed by atoms with Gasteiger partial charge in [-0.2, -0.15) is 0 Å². The van der Waals surface area contributed by atoms with E-state index in [0.717, 1.165) is 16.8 Å². The van der Waals surface area contributed by atoms with Gasteiger partial charge >= 0.3 is 0 Å². The zero-order valence-corrected chi connectivity index (χ0v) is 15.9. The van der Waals surface area contributed by atoms with Crippen LogP contribution in [-0.2, 0) is 0 Å². The maximum absolute atomic E-state index is 12.7. The molecule has 28 heavy (non-hydrogen) atoms. The first-order valence-electron chi connectivity index (χ1n) is 8.76. The number of nitrogens with one attached hydrogen (secondary N) is 1. The Kier molecular flexibility index (Phi) is 4.91. The molecule has 0 bridgehead atoms. The number of carbonyl (C=O) groups excluding carboxylic acids is 1. The van der Waals surface area contributed by atoms with Gasteiger partial charge in [0.2, 0.25) is 5.82 Å². The molecule has 138 valence electrons. The average molecular weight is 389 g/mol. The molecule has 4 rings (SSSR count). The van der Waals surface area contributed by atoms with E-state index >= 15 is 0 Å². The van der Waals surface area contributed by atoms with E-state index in [1.54, 1.807) is 28.9 Å². The fourth-order valence-electron chi connectivity index (χ4n) is 2.88. The van der Waals surface area contributed by atoms with Gasteiger partial charge in [-0.25, -0.2) is 9.67 Å². The molecule has 0 fully saturated rings. The van der Waals surface area contributed by atoms with E-state index in [0.29, 0.717) is 16.5 Å². The maximum Gasteiger partial charge on any atom is 0.295 e. The fourth-order valence-corrected chi connectivity index (χ4v) is 3.07. The number of halogens is 1. The summed E-state index contributed by atoms with van der Waals surface area (Å²) < 4.78 is 1.68. The first kappa shape index (κ1) is 17.9. The Morgan fingerprint density at radius 3 is 2.50 bits per heavy atom. The van der Waals surface area contributed by atoms with E-state index in [-0.39, 0.29) is 5.82 Å². The number of amides is 1. The summed E-state index contributed by atoms with van der Waals surface area (Å²) in [6.45, 7) is 2.01. The number of anilines is 1. The molecule has 0 atom stereocenters. The highest BCUT2D eigenvalue weighted by molar-refractivity contribution is 6.30. The smallest absolute Gasteiger partial charge is 0.295 e. The molecule has 0 aliphatic carbocycles. The van der Waals surface area contributed by atoms with Gasteiger partial charge in [-0.05, 0) is 43.3 Å². The van der Waals surface area contributed by atoms with Gasteiger partial charge in [-0.1, -0.05) is 59.6 Å². The molecule has 1 amide bonds. The number of nitrogens with zero attached hydrogens (tertiary/aromatic N) is 3. The molecule has 6 heteroatoms. The van der Waals surface area contributed by atoms with Gasteiger partial charge in [-0.3, -0.25) is 4.79 Å². The minimum Gasteiger partial charge on any atom is -0.319 e. The van der Waals surface area contributed by atoms with Crippen molar-refractivity contribution in [1.82, 2.24) is 14.8 Å². The molecular weight excluding hydrogens is 372 g/mol.